The van der Waals surface area contributed by atoms with Crippen molar-refractivity contribution in [1.29, 1.82) is 0 Å². The fourth-order valence-corrected chi connectivity index (χ4v) is 3.12. The minimum absolute atomic E-state index is 0.153. The number of anilines is 1. The lowest BCUT2D eigenvalue weighted by molar-refractivity contribution is -0.138. The second-order valence-corrected chi connectivity index (χ2v) is 6.06. The summed E-state index contributed by atoms with van der Waals surface area (Å²) in [7, 11) is 0. The number of benzene rings is 1. The molecule has 2 amide bonds. The number of carbonyl (C=O) groups is 3. The molecule has 0 aliphatic heterocycles. The van der Waals surface area contributed by atoms with Crippen LogP contribution in [0.3, 0.4) is 0 Å². The van der Waals surface area contributed by atoms with E-state index in [1.807, 2.05) is 30.3 Å². The van der Waals surface area contributed by atoms with E-state index in [0.29, 0.717) is 11.4 Å². The van der Waals surface area contributed by atoms with Gasteiger partial charge in [-0.1, -0.05) is 30.3 Å². The monoisotopic (exact) mass is 332 g/mol. The van der Waals surface area contributed by atoms with E-state index in [1.165, 1.54) is 11.3 Å². The van der Waals surface area contributed by atoms with Crippen LogP contribution in [0.15, 0.2) is 36.4 Å². The van der Waals surface area contributed by atoms with Crippen LogP contribution in [-0.4, -0.2) is 22.9 Å². The Balaban J connectivity index is 2.13. The first-order valence-electron chi connectivity index (χ1n) is 6.94. The number of rotatable bonds is 7. The van der Waals surface area contributed by atoms with Gasteiger partial charge in [0.1, 0.15) is 5.00 Å². The highest BCUT2D eigenvalue weighted by Gasteiger charge is 2.16. The number of carboxylic acids is 1. The molecule has 6 nitrogen and oxygen atoms in total. The third kappa shape index (κ3) is 4.93. The molecule has 4 N–H and O–H groups in total. The molecule has 0 saturated carbocycles. The zero-order chi connectivity index (χ0) is 16.8. The van der Waals surface area contributed by atoms with Crippen molar-refractivity contribution in [3.05, 3.63) is 52.4 Å². The summed E-state index contributed by atoms with van der Waals surface area (Å²) in [5.74, 6) is -2.14. The second-order valence-electron chi connectivity index (χ2n) is 4.92. The predicted molar refractivity (Wildman–Crippen MR) is 87.6 cm³/mol. The van der Waals surface area contributed by atoms with Gasteiger partial charge in [-0.2, -0.15) is 0 Å². The maximum atomic E-state index is 11.7. The molecule has 0 aliphatic carbocycles. The van der Waals surface area contributed by atoms with Crippen LogP contribution in [-0.2, 0) is 16.0 Å². The van der Waals surface area contributed by atoms with Crippen LogP contribution in [0.5, 0.6) is 0 Å². The Morgan fingerprint density at radius 2 is 1.83 bits per heavy atom. The Morgan fingerprint density at radius 3 is 2.43 bits per heavy atom. The molecule has 0 radical (unpaired) electrons. The Hall–Kier alpha value is -2.67. The summed E-state index contributed by atoms with van der Waals surface area (Å²) in [6, 6.07) is 11.4. The van der Waals surface area contributed by atoms with Gasteiger partial charge in [-0.15, -0.1) is 11.3 Å². The first kappa shape index (κ1) is 16.7. The molecule has 0 bridgehead atoms. The average molecular weight is 332 g/mol. The Labute approximate surface area is 136 Å². The van der Waals surface area contributed by atoms with Crippen LogP contribution in [0.1, 0.15) is 33.6 Å². The fourth-order valence-electron chi connectivity index (χ4n) is 2.01. The summed E-state index contributed by atoms with van der Waals surface area (Å²) < 4.78 is 0. The van der Waals surface area contributed by atoms with E-state index in [4.69, 9.17) is 10.8 Å². The minimum Gasteiger partial charge on any atom is -0.481 e. The topological polar surface area (TPSA) is 109 Å². The van der Waals surface area contributed by atoms with Crippen molar-refractivity contribution in [2.45, 2.75) is 19.3 Å². The number of nitrogens with one attached hydrogen (secondary N) is 1. The molecule has 0 spiro atoms. The number of carbonyl (C=O) groups excluding carboxylic acids is 2. The highest BCUT2D eigenvalue weighted by Crippen LogP contribution is 2.29. The van der Waals surface area contributed by atoms with Gasteiger partial charge in [-0.3, -0.25) is 14.4 Å². The van der Waals surface area contributed by atoms with Crippen molar-refractivity contribution >= 4 is 34.1 Å². The SMILES string of the molecule is NC(=O)c1cc(Cc2ccccc2)sc1NC(=O)CCC(=O)O. The minimum atomic E-state index is -1.05. The smallest absolute Gasteiger partial charge is 0.303 e. The Bertz CT molecular complexity index is 725. The van der Waals surface area contributed by atoms with Gasteiger partial charge in [0, 0.05) is 17.7 Å². The van der Waals surface area contributed by atoms with Crippen LogP contribution in [0.2, 0.25) is 0 Å². The van der Waals surface area contributed by atoms with Crippen molar-refractivity contribution < 1.29 is 19.5 Å². The third-order valence-corrected chi connectivity index (χ3v) is 4.14. The standard InChI is InChI=1S/C16H16N2O4S/c17-15(22)12-9-11(8-10-4-2-1-3-5-10)23-16(12)18-13(19)6-7-14(20)21/h1-5,9H,6-8H2,(H2,17,22)(H,18,19)(H,20,21). The van der Waals surface area contributed by atoms with Gasteiger partial charge in [0.2, 0.25) is 5.91 Å². The molecular weight excluding hydrogens is 316 g/mol. The van der Waals surface area contributed by atoms with Gasteiger partial charge in [0.15, 0.2) is 0 Å². The van der Waals surface area contributed by atoms with Crippen molar-refractivity contribution in [1.82, 2.24) is 0 Å². The van der Waals surface area contributed by atoms with Gasteiger partial charge >= 0.3 is 5.97 Å². The van der Waals surface area contributed by atoms with Gasteiger partial charge in [-0.05, 0) is 11.6 Å². The lowest BCUT2D eigenvalue weighted by Gasteiger charge is -2.03. The summed E-state index contributed by atoms with van der Waals surface area (Å²) in [6.07, 6.45) is 0.205. The summed E-state index contributed by atoms with van der Waals surface area (Å²) in [5, 5.41) is 11.5. The zero-order valence-corrected chi connectivity index (χ0v) is 13.1. The van der Waals surface area contributed by atoms with Crippen molar-refractivity contribution in [3.63, 3.8) is 0 Å². The number of aliphatic carboxylic acids is 1. The van der Waals surface area contributed by atoms with Crippen LogP contribution in [0.4, 0.5) is 5.00 Å². The molecule has 1 aromatic carbocycles. The Morgan fingerprint density at radius 1 is 1.13 bits per heavy atom. The van der Waals surface area contributed by atoms with E-state index in [9.17, 15) is 14.4 Å². The first-order chi connectivity index (χ1) is 11.0. The number of nitrogens with two attached hydrogens (primary N) is 1. The first-order valence-corrected chi connectivity index (χ1v) is 7.75. The molecule has 0 atom stereocenters. The van der Waals surface area contributed by atoms with E-state index in [0.717, 1.165) is 10.4 Å². The Kier molecular flexibility index (Phi) is 5.48. The van der Waals surface area contributed by atoms with Crippen LogP contribution in [0.25, 0.3) is 0 Å². The maximum Gasteiger partial charge on any atom is 0.303 e. The molecule has 7 heteroatoms. The van der Waals surface area contributed by atoms with E-state index in [2.05, 4.69) is 5.32 Å². The zero-order valence-electron chi connectivity index (χ0n) is 12.2. The van der Waals surface area contributed by atoms with Crippen molar-refractivity contribution in [2.75, 3.05) is 5.32 Å². The number of hydrogen-bond donors (Lipinski definition) is 3. The number of thiophene rings is 1. The number of primary amides is 1. The highest BCUT2D eigenvalue weighted by atomic mass is 32.1. The molecule has 0 saturated heterocycles. The van der Waals surface area contributed by atoms with Gasteiger partial charge in [0.05, 0.1) is 12.0 Å². The molecular formula is C16H16N2O4S. The van der Waals surface area contributed by atoms with Crippen molar-refractivity contribution in [2.24, 2.45) is 5.73 Å². The molecule has 2 aromatic rings. The van der Waals surface area contributed by atoms with E-state index in [1.54, 1.807) is 6.07 Å². The van der Waals surface area contributed by atoms with Crippen LogP contribution in [0, 0.1) is 0 Å². The number of hydrogen-bond acceptors (Lipinski definition) is 4. The summed E-state index contributed by atoms with van der Waals surface area (Å²) in [5.41, 5.74) is 6.66. The molecule has 1 aromatic heterocycles. The van der Waals surface area contributed by atoms with Gasteiger partial charge in [-0.25, -0.2) is 0 Å². The number of carboxylic acid groups (broad SMARTS) is 1. The van der Waals surface area contributed by atoms with Crippen LogP contribution >= 0.6 is 11.3 Å². The summed E-state index contributed by atoms with van der Waals surface area (Å²) in [4.78, 5) is 34.6. The molecule has 120 valence electrons. The highest BCUT2D eigenvalue weighted by molar-refractivity contribution is 7.16. The maximum absolute atomic E-state index is 11.7. The third-order valence-electron chi connectivity index (χ3n) is 3.09. The van der Waals surface area contributed by atoms with E-state index >= 15 is 0 Å². The van der Waals surface area contributed by atoms with Crippen LogP contribution < -0.4 is 11.1 Å². The molecule has 23 heavy (non-hydrogen) atoms. The van der Waals surface area contributed by atoms with E-state index < -0.39 is 17.8 Å². The predicted octanol–water partition coefficient (Wildman–Crippen LogP) is 2.24. The molecule has 0 unspecified atom stereocenters. The van der Waals surface area contributed by atoms with Crippen molar-refractivity contribution in [3.8, 4) is 0 Å². The summed E-state index contributed by atoms with van der Waals surface area (Å²) in [6.45, 7) is 0. The quantitative estimate of drug-likeness (QED) is 0.722. The lowest BCUT2D eigenvalue weighted by Crippen LogP contribution is -2.17. The normalized spacial score (nSPS) is 10.3. The molecule has 0 fully saturated rings. The van der Waals surface area contributed by atoms with Gasteiger partial charge in [0.25, 0.3) is 5.91 Å². The molecule has 1 heterocycles. The largest absolute Gasteiger partial charge is 0.481 e. The molecule has 2 rings (SSSR count). The number of amides is 2. The summed E-state index contributed by atoms with van der Waals surface area (Å²) >= 11 is 1.27. The fraction of sp³-hybridized carbons (Fsp3) is 0.188. The molecule has 0 aliphatic rings. The van der Waals surface area contributed by atoms with E-state index in [-0.39, 0.29) is 18.4 Å². The van der Waals surface area contributed by atoms with Gasteiger partial charge < -0.3 is 16.2 Å². The lowest BCUT2D eigenvalue weighted by atomic mass is 10.1. The average Bonchev–Trinajstić information content (AvgIpc) is 2.89. The second kappa shape index (κ2) is 7.55.